The first-order valence-electron chi connectivity index (χ1n) is 10.6. The fourth-order valence-corrected chi connectivity index (χ4v) is 4.00. The Morgan fingerprint density at radius 1 is 1.16 bits per heavy atom. The quantitative estimate of drug-likeness (QED) is 0.506. The Kier molecular flexibility index (Phi) is 4.77. The van der Waals surface area contributed by atoms with Gasteiger partial charge in [-0.15, -0.1) is 0 Å². The topological polar surface area (TPSA) is 82.8 Å². The molecule has 4 heterocycles. The maximum absolute atomic E-state index is 6.31. The molecule has 2 bridgehead atoms. The number of H-pyrrole nitrogens is 1. The fraction of sp³-hybridized carbons (Fsp3) is 0.348. The van der Waals surface area contributed by atoms with Crippen LogP contribution in [0.5, 0.6) is 11.8 Å². The third kappa shape index (κ3) is 3.37. The van der Waals surface area contributed by atoms with E-state index in [1.807, 2.05) is 37.1 Å². The Labute approximate surface area is 180 Å². The van der Waals surface area contributed by atoms with Gasteiger partial charge in [-0.25, -0.2) is 9.36 Å². The number of nitrogens with one attached hydrogen (secondary N) is 1. The number of hydrogen-bond acceptors (Lipinski definition) is 5. The van der Waals surface area contributed by atoms with E-state index in [4.69, 9.17) is 9.47 Å². The second-order valence-corrected chi connectivity index (χ2v) is 7.90. The van der Waals surface area contributed by atoms with Gasteiger partial charge in [-0.2, -0.15) is 15.3 Å². The Morgan fingerprint density at radius 3 is 2.87 bits per heavy atom. The Morgan fingerprint density at radius 2 is 2.03 bits per heavy atom. The third-order valence-electron chi connectivity index (χ3n) is 5.71. The van der Waals surface area contributed by atoms with Crippen LogP contribution in [-0.4, -0.2) is 42.5 Å². The highest BCUT2D eigenvalue weighted by molar-refractivity contribution is 5.93. The van der Waals surface area contributed by atoms with Crippen LogP contribution in [0.1, 0.15) is 37.2 Å². The number of ether oxygens (including phenoxy) is 2. The predicted molar refractivity (Wildman–Crippen MR) is 120 cm³/mol. The van der Waals surface area contributed by atoms with Gasteiger partial charge in [-0.1, -0.05) is 13.0 Å². The molecule has 1 atom stereocenters. The summed E-state index contributed by atoms with van der Waals surface area (Å²) < 4.78 is 16.0. The van der Waals surface area contributed by atoms with E-state index < -0.39 is 0 Å². The van der Waals surface area contributed by atoms with Crippen LogP contribution in [0.4, 0.5) is 0 Å². The Bertz CT molecular complexity index is 1280. The highest BCUT2D eigenvalue weighted by Gasteiger charge is 2.19. The highest BCUT2D eigenvalue weighted by atomic mass is 16.5. The molecule has 0 fully saturated rings. The summed E-state index contributed by atoms with van der Waals surface area (Å²) in [6.07, 6.45) is 7.49. The Balaban J connectivity index is 1.68. The van der Waals surface area contributed by atoms with Gasteiger partial charge >= 0.3 is 0 Å². The number of aromatic nitrogens is 6. The molecule has 8 heteroatoms. The molecule has 0 amide bonds. The lowest BCUT2D eigenvalue weighted by atomic mass is 10.0. The average Bonchev–Trinajstić information content (AvgIpc) is 3.42. The van der Waals surface area contributed by atoms with Gasteiger partial charge in [0, 0.05) is 25.9 Å². The molecule has 160 valence electrons. The van der Waals surface area contributed by atoms with Crippen LogP contribution in [0, 0.1) is 0 Å². The summed E-state index contributed by atoms with van der Waals surface area (Å²) in [6.45, 7) is 4.68. The van der Waals surface area contributed by atoms with E-state index in [9.17, 15) is 0 Å². The second-order valence-electron chi connectivity index (χ2n) is 7.90. The molecule has 31 heavy (non-hydrogen) atoms. The molecule has 5 rings (SSSR count). The number of aromatic amines is 1. The third-order valence-corrected chi connectivity index (χ3v) is 5.71. The van der Waals surface area contributed by atoms with Crippen molar-refractivity contribution >= 4 is 23.1 Å². The van der Waals surface area contributed by atoms with E-state index in [1.54, 1.807) is 4.68 Å². The summed E-state index contributed by atoms with van der Waals surface area (Å²) in [5.74, 6) is 1.51. The van der Waals surface area contributed by atoms with Crippen LogP contribution in [-0.2, 0) is 20.5 Å². The van der Waals surface area contributed by atoms with E-state index in [0.717, 1.165) is 63.6 Å². The van der Waals surface area contributed by atoms with Gasteiger partial charge in [0.25, 0.3) is 0 Å². The van der Waals surface area contributed by atoms with Gasteiger partial charge in [0.05, 0.1) is 40.8 Å². The van der Waals surface area contributed by atoms with Crippen LogP contribution in [0.3, 0.4) is 0 Å². The largest absolute Gasteiger partial charge is 0.477 e. The van der Waals surface area contributed by atoms with Gasteiger partial charge in [-0.3, -0.25) is 5.10 Å². The molecule has 0 spiro atoms. The van der Waals surface area contributed by atoms with E-state index in [1.165, 1.54) is 0 Å². The van der Waals surface area contributed by atoms with Crippen molar-refractivity contribution in [1.29, 1.82) is 0 Å². The summed E-state index contributed by atoms with van der Waals surface area (Å²) in [4.78, 5) is 0. The molecule has 0 unspecified atom stereocenters. The predicted octanol–water partition coefficient (Wildman–Crippen LogP) is 3.98. The summed E-state index contributed by atoms with van der Waals surface area (Å²) in [5, 5.41) is 17.7. The van der Waals surface area contributed by atoms with Crippen molar-refractivity contribution in [2.75, 3.05) is 6.61 Å². The van der Waals surface area contributed by atoms with Crippen molar-refractivity contribution in [2.24, 2.45) is 14.1 Å². The van der Waals surface area contributed by atoms with Crippen molar-refractivity contribution in [3.05, 3.63) is 41.3 Å². The number of aryl methyl sites for hydroxylation is 3. The molecular weight excluding hydrogens is 392 g/mol. The minimum atomic E-state index is -0.0334. The summed E-state index contributed by atoms with van der Waals surface area (Å²) in [7, 11) is 3.81. The lowest BCUT2D eigenvalue weighted by Gasteiger charge is -2.16. The average molecular weight is 419 g/mol. The van der Waals surface area contributed by atoms with Crippen LogP contribution < -0.4 is 9.47 Å². The van der Waals surface area contributed by atoms with Gasteiger partial charge in [0.2, 0.25) is 11.8 Å². The van der Waals surface area contributed by atoms with Crippen molar-refractivity contribution in [3.8, 4) is 22.9 Å². The monoisotopic (exact) mass is 418 g/mol. The number of hydrogen-bond donors (Lipinski definition) is 1. The van der Waals surface area contributed by atoms with Gasteiger partial charge in [0.1, 0.15) is 6.10 Å². The smallest absolute Gasteiger partial charge is 0.219 e. The molecule has 0 saturated carbocycles. The molecule has 0 aliphatic carbocycles. The van der Waals surface area contributed by atoms with Crippen LogP contribution in [0.25, 0.3) is 34.2 Å². The van der Waals surface area contributed by atoms with Crippen molar-refractivity contribution in [1.82, 2.24) is 29.8 Å². The summed E-state index contributed by atoms with van der Waals surface area (Å²) in [6, 6.07) is 6.20. The Hall–Kier alpha value is -3.55. The highest BCUT2D eigenvalue weighted by Crippen LogP contribution is 2.33. The van der Waals surface area contributed by atoms with Gasteiger partial charge < -0.3 is 9.47 Å². The van der Waals surface area contributed by atoms with Crippen LogP contribution >= 0.6 is 0 Å². The SMILES string of the molecule is CCc1nn(C)c2c1/C=C/c1[nH]nc3ccc(cc13)-c1cnn(C)c1OCC[C@H](C)O2. The number of nitrogens with zero attached hydrogens (tertiary/aromatic N) is 5. The van der Waals surface area contributed by atoms with Crippen molar-refractivity contribution in [3.63, 3.8) is 0 Å². The standard InChI is InChI=1S/C23H26N6O2/c1-5-19-16-7-9-21-17-12-15(6-8-20(17)25-26-21)18-13-24-28(3)22(18)30-11-10-14(2)31-23(16)29(4)27-19/h6-9,12-14H,5,10-11H2,1-4H3,(H,25,26)/b9-7+/t14-/m0/s1. The first kappa shape index (κ1) is 19.4. The maximum Gasteiger partial charge on any atom is 0.219 e. The number of rotatable bonds is 1. The molecule has 8 nitrogen and oxygen atoms in total. The van der Waals surface area contributed by atoms with Gasteiger partial charge in [-0.05, 0) is 43.2 Å². The molecule has 1 aliphatic rings. The van der Waals surface area contributed by atoms with Gasteiger partial charge in [0.15, 0.2) is 0 Å². The molecule has 1 N–H and O–H groups in total. The van der Waals surface area contributed by atoms with E-state index in [0.29, 0.717) is 6.61 Å². The summed E-state index contributed by atoms with van der Waals surface area (Å²) >= 11 is 0. The van der Waals surface area contributed by atoms with Crippen LogP contribution in [0.15, 0.2) is 24.4 Å². The minimum absolute atomic E-state index is 0.0334. The molecule has 1 aromatic carbocycles. The summed E-state index contributed by atoms with van der Waals surface area (Å²) in [5.41, 5.74) is 5.85. The zero-order valence-corrected chi connectivity index (χ0v) is 18.2. The molecule has 0 saturated heterocycles. The fourth-order valence-electron chi connectivity index (χ4n) is 4.00. The van der Waals surface area contributed by atoms with E-state index >= 15 is 0 Å². The molecule has 3 aromatic heterocycles. The normalized spacial score (nSPS) is 17.4. The van der Waals surface area contributed by atoms with Crippen LogP contribution in [0.2, 0.25) is 0 Å². The van der Waals surface area contributed by atoms with Crippen molar-refractivity contribution in [2.45, 2.75) is 32.8 Å². The first-order valence-corrected chi connectivity index (χ1v) is 10.6. The molecular formula is C23H26N6O2. The van der Waals surface area contributed by atoms with E-state index in [-0.39, 0.29) is 6.10 Å². The number of benzene rings is 1. The minimum Gasteiger partial charge on any atom is -0.477 e. The first-order chi connectivity index (χ1) is 15.0. The second kappa shape index (κ2) is 7.61. The van der Waals surface area contributed by atoms with Crippen molar-refractivity contribution < 1.29 is 9.47 Å². The molecule has 0 radical (unpaired) electrons. The lowest BCUT2D eigenvalue weighted by Crippen LogP contribution is -2.18. The molecule has 1 aliphatic heterocycles. The zero-order valence-electron chi connectivity index (χ0n) is 18.2. The van der Waals surface area contributed by atoms with E-state index in [2.05, 4.69) is 52.5 Å². The zero-order chi connectivity index (χ0) is 21.5. The molecule has 4 aromatic rings. The maximum atomic E-state index is 6.31. The number of fused-ring (bicyclic) bond motifs is 4. The lowest BCUT2D eigenvalue weighted by molar-refractivity contribution is 0.161.